The second kappa shape index (κ2) is 6.64. The molecular formula is C20H25NO4. The van der Waals surface area contributed by atoms with E-state index in [2.05, 4.69) is 0 Å². The first-order valence-corrected chi connectivity index (χ1v) is 8.84. The molecule has 0 radical (unpaired) electrons. The topological polar surface area (TPSA) is 66.8 Å². The normalized spacial score (nSPS) is 24.8. The van der Waals surface area contributed by atoms with Gasteiger partial charge in [0.05, 0.1) is 12.7 Å². The first kappa shape index (κ1) is 17.7. The molecule has 1 amide bonds. The molecule has 1 saturated carbocycles. The predicted molar refractivity (Wildman–Crippen MR) is 94.5 cm³/mol. The van der Waals surface area contributed by atoms with Gasteiger partial charge in [-0.25, -0.2) is 4.79 Å². The summed E-state index contributed by atoms with van der Waals surface area (Å²) < 4.78 is 4.89. The van der Waals surface area contributed by atoms with Crippen molar-refractivity contribution < 1.29 is 19.4 Å². The van der Waals surface area contributed by atoms with Crippen LogP contribution in [0.4, 0.5) is 0 Å². The third kappa shape index (κ3) is 2.97. The van der Waals surface area contributed by atoms with E-state index >= 15 is 0 Å². The van der Waals surface area contributed by atoms with Crippen molar-refractivity contribution in [1.82, 2.24) is 4.90 Å². The van der Waals surface area contributed by atoms with E-state index in [1.165, 1.54) is 18.9 Å². The maximum absolute atomic E-state index is 13.2. The van der Waals surface area contributed by atoms with Gasteiger partial charge >= 0.3 is 5.97 Å². The Morgan fingerprint density at radius 3 is 2.36 bits per heavy atom. The SMILES string of the molecule is COC(=O)C1=C(c2ccc(C)cc2)C(=O)N(C2CCCCC2)C1(C)O. The molecule has 1 aliphatic heterocycles. The van der Waals surface area contributed by atoms with Crippen molar-refractivity contribution in [1.29, 1.82) is 0 Å². The quantitative estimate of drug-likeness (QED) is 0.857. The van der Waals surface area contributed by atoms with E-state index < -0.39 is 11.7 Å². The van der Waals surface area contributed by atoms with Gasteiger partial charge in [-0.05, 0) is 32.3 Å². The van der Waals surface area contributed by atoms with Crippen molar-refractivity contribution >= 4 is 17.4 Å². The summed E-state index contributed by atoms with van der Waals surface area (Å²) in [4.78, 5) is 27.2. The summed E-state index contributed by atoms with van der Waals surface area (Å²) in [6.07, 6.45) is 4.88. The number of rotatable bonds is 3. The van der Waals surface area contributed by atoms with Crippen LogP contribution in [0, 0.1) is 6.92 Å². The van der Waals surface area contributed by atoms with Crippen LogP contribution in [0.25, 0.3) is 5.57 Å². The van der Waals surface area contributed by atoms with Crippen LogP contribution in [0.15, 0.2) is 29.8 Å². The molecule has 0 aromatic heterocycles. The highest BCUT2D eigenvalue weighted by molar-refractivity contribution is 6.29. The van der Waals surface area contributed by atoms with E-state index in [1.807, 2.05) is 31.2 Å². The molecule has 0 saturated heterocycles. The molecule has 3 rings (SSSR count). The number of carbonyl (C=O) groups is 2. The number of benzene rings is 1. The molecule has 1 fully saturated rings. The Morgan fingerprint density at radius 1 is 1.20 bits per heavy atom. The number of hydrogen-bond donors (Lipinski definition) is 1. The minimum absolute atomic E-state index is 0.0365. The third-order valence-corrected chi connectivity index (χ3v) is 5.29. The molecule has 134 valence electrons. The Kier molecular flexibility index (Phi) is 4.69. The molecule has 5 nitrogen and oxygen atoms in total. The molecule has 1 atom stereocenters. The summed E-state index contributed by atoms with van der Waals surface area (Å²) in [5, 5.41) is 11.2. The Balaban J connectivity index is 2.11. The Morgan fingerprint density at radius 2 is 1.80 bits per heavy atom. The smallest absolute Gasteiger partial charge is 0.339 e. The summed E-state index contributed by atoms with van der Waals surface area (Å²) in [5.41, 5.74) is 0.323. The van der Waals surface area contributed by atoms with Crippen molar-refractivity contribution in [3.63, 3.8) is 0 Å². The summed E-state index contributed by atoms with van der Waals surface area (Å²) >= 11 is 0. The molecule has 1 aliphatic carbocycles. The molecule has 2 aliphatic rings. The average molecular weight is 343 g/mol. The van der Waals surface area contributed by atoms with Crippen LogP contribution in [0.5, 0.6) is 0 Å². The fraction of sp³-hybridized carbons (Fsp3) is 0.500. The zero-order chi connectivity index (χ0) is 18.2. The van der Waals surface area contributed by atoms with E-state index in [0.29, 0.717) is 5.56 Å². The maximum atomic E-state index is 13.2. The number of aryl methyl sites for hydroxylation is 1. The lowest BCUT2D eigenvalue weighted by molar-refractivity contribution is -0.152. The average Bonchev–Trinajstić information content (AvgIpc) is 2.81. The number of nitrogens with zero attached hydrogens (tertiary/aromatic N) is 1. The number of ether oxygens (including phenoxy) is 1. The highest BCUT2D eigenvalue weighted by Crippen LogP contribution is 2.43. The zero-order valence-corrected chi connectivity index (χ0v) is 15.0. The largest absolute Gasteiger partial charge is 0.466 e. The van der Waals surface area contributed by atoms with E-state index in [4.69, 9.17) is 4.74 Å². The molecule has 1 aromatic rings. The number of methoxy groups -OCH3 is 1. The van der Waals surface area contributed by atoms with Crippen LogP contribution in [0.3, 0.4) is 0 Å². The zero-order valence-electron chi connectivity index (χ0n) is 15.0. The fourth-order valence-electron chi connectivity index (χ4n) is 4.03. The Bertz CT molecular complexity index is 712. The van der Waals surface area contributed by atoms with Gasteiger partial charge in [-0.3, -0.25) is 4.79 Å². The molecule has 1 heterocycles. The molecule has 25 heavy (non-hydrogen) atoms. The lowest BCUT2D eigenvalue weighted by Gasteiger charge is -2.40. The number of aliphatic hydroxyl groups is 1. The molecule has 5 heteroatoms. The van der Waals surface area contributed by atoms with Gasteiger partial charge in [-0.2, -0.15) is 0 Å². The second-order valence-corrected chi connectivity index (χ2v) is 7.10. The van der Waals surface area contributed by atoms with Gasteiger partial charge in [0.2, 0.25) is 0 Å². The van der Waals surface area contributed by atoms with Crippen molar-refractivity contribution in [3.8, 4) is 0 Å². The molecular weight excluding hydrogens is 318 g/mol. The summed E-state index contributed by atoms with van der Waals surface area (Å²) in [5.74, 6) is -0.951. The third-order valence-electron chi connectivity index (χ3n) is 5.29. The first-order chi connectivity index (χ1) is 11.9. The lowest BCUT2D eigenvalue weighted by Crippen LogP contribution is -2.53. The summed E-state index contributed by atoms with van der Waals surface area (Å²) in [7, 11) is 1.27. The summed E-state index contributed by atoms with van der Waals surface area (Å²) in [6.45, 7) is 3.48. The number of esters is 1. The van der Waals surface area contributed by atoms with Crippen molar-refractivity contribution in [3.05, 3.63) is 41.0 Å². The van der Waals surface area contributed by atoms with E-state index in [-0.39, 0.29) is 23.1 Å². The molecule has 1 N–H and O–H groups in total. The maximum Gasteiger partial charge on any atom is 0.339 e. The van der Waals surface area contributed by atoms with Crippen LogP contribution in [-0.4, -0.2) is 40.8 Å². The van der Waals surface area contributed by atoms with Gasteiger partial charge in [0.1, 0.15) is 5.57 Å². The van der Waals surface area contributed by atoms with Crippen LogP contribution >= 0.6 is 0 Å². The van der Waals surface area contributed by atoms with Crippen LogP contribution in [-0.2, 0) is 14.3 Å². The van der Waals surface area contributed by atoms with Gasteiger partial charge < -0.3 is 14.7 Å². The molecule has 0 bridgehead atoms. The van der Waals surface area contributed by atoms with Gasteiger partial charge in [0.25, 0.3) is 5.91 Å². The number of hydrogen-bond acceptors (Lipinski definition) is 4. The first-order valence-electron chi connectivity index (χ1n) is 8.84. The van der Waals surface area contributed by atoms with E-state index in [1.54, 1.807) is 0 Å². The highest BCUT2D eigenvalue weighted by Gasteiger charge is 2.53. The standard InChI is InChI=1S/C20H25NO4/c1-13-9-11-14(12-10-13)16-17(19(23)25-3)20(2,24)21(18(16)22)15-7-5-4-6-8-15/h9-12,15,24H,4-8H2,1-3H3. The lowest BCUT2D eigenvalue weighted by atomic mass is 9.92. The van der Waals surface area contributed by atoms with Gasteiger partial charge in [0.15, 0.2) is 5.72 Å². The molecule has 1 unspecified atom stereocenters. The van der Waals surface area contributed by atoms with E-state index in [0.717, 1.165) is 37.7 Å². The fourth-order valence-corrected chi connectivity index (χ4v) is 4.03. The minimum Gasteiger partial charge on any atom is -0.466 e. The molecule has 1 aromatic carbocycles. The van der Waals surface area contributed by atoms with Crippen LogP contribution in [0.2, 0.25) is 0 Å². The monoisotopic (exact) mass is 343 g/mol. The van der Waals surface area contributed by atoms with Crippen molar-refractivity contribution in [2.24, 2.45) is 0 Å². The Labute approximate surface area is 148 Å². The van der Waals surface area contributed by atoms with Crippen LogP contribution < -0.4 is 0 Å². The summed E-state index contributed by atoms with van der Waals surface area (Å²) in [6, 6.07) is 7.35. The Hall–Kier alpha value is -2.14. The van der Waals surface area contributed by atoms with Gasteiger partial charge in [-0.15, -0.1) is 0 Å². The second-order valence-electron chi connectivity index (χ2n) is 7.10. The number of amides is 1. The van der Waals surface area contributed by atoms with E-state index in [9.17, 15) is 14.7 Å². The van der Waals surface area contributed by atoms with Gasteiger partial charge in [-0.1, -0.05) is 49.1 Å². The van der Waals surface area contributed by atoms with Gasteiger partial charge in [0, 0.05) is 6.04 Å². The van der Waals surface area contributed by atoms with Crippen molar-refractivity contribution in [2.45, 2.75) is 57.7 Å². The van der Waals surface area contributed by atoms with Crippen molar-refractivity contribution in [2.75, 3.05) is 7.11 Å². The van der Waals surface area contributed by atoms with Crippen LogP contribution in [0.1, 0.15) is 50.2 Å². The minimum atomic E-state index is -1.66. The highest BCUT2D eigenvalue weighted by atomic mass is 16.5. The number of carbonyl (C=O) groups excluding carboxylic acids is 2. The predicted octanol–water partition coefficient (Wildman–Crippen LogP) is 2.81. The molecule has 0 spiro atoms.